The van der Waals surface area contributed by atoms with E-state index < -0.39 is 0 Å². The van der Waals surface area contributed by atoms with Gasteiger partial charge in [-0.2, -0.15) is 0 Å². The molecule has 4 nitrogen and oxygen atoms in total. The number of hydrogen-bond donors (Lipinski definition) is 0. The van der Waals surface area contributed by atoms with Crippen molar-refractivity contribution in [3.8, 4) is 0 Å². The van der Waals surface area contributed by atoms with Crippen LogP contribution in [0.3, 0.4) is 0 Å². The van der Waals surface area contributed by atoms with Crippen molar-refractivity contribution in [1.29, 1.82) is 0 Å². The van der Waals surface area contributed by atoms with Crippen LogP contribution in [0.2, 0.25) is 0 Å². The Kier molecular flexibility index (Phi) is 2.77. The lowest BCUT2D eigenvalue weighted by molar-refractivity contribution is -0.0238. The molecule has 0 aromatic heterocycles. The van der Waals surface area contributed by atoms with E-state index in [1.165, 1.54) is 38.8 Å². The lowest BCUT2D eigenvalue weighted by Crippen LogP contribution is -2.63. The van der Waals surface area contributed by atoms with Crippen LogP contribution in [0.4, 0.5) is 4.79 Å². The van der Waals surface area contributed by atoms with Crippen LogP contribution >= 0.6 is 0 Å². The second-order valence-corrected chi connectivity index (χ2v) is 6.14. The Morgan fingerprint density at radius 2 is 1.53 bits per heavy atom. The van der Waals surface area contributed by atoms with E-state index in [9.17, 15) is 4.79 Å². The molecule has 0 unspecified atom stereocenters. The van der Waals surface area contributed by atoms with Crippen molar-refractivity contribution >= 4 is 6.03 Å². The van der Waals surface area contributed by atoms with Gasteiger partial charge in [0, 0.05) is 31.6 Å². The zero-order valence-electron chi connectivity index (χ0n) is 10.8. The van der Waals surface area contributed by atoms with Gasteiger partial charge in [0.2, 0.25) is 0 Å². The molecule has 0 bridgehead atoms. The van der Waals surface area contributed by atoms with Crippen LogP contribution < -0.4 is 0 Å². The summed E-state index contributed by atoms with van der Waals surface area (Å²) in [5.41, 5.74) is 0.474. The number of amides is 2. The summed E-state index contributed by atoms with van der Waals surface area (Å²) in [5.74, 6) is 0. The molecule has 0 atom stereocenters. The van der Waals surface area contributed by atoms with Crippen molar-refractivity contribution in [2.45, 2.75) is 25.7 Å². The smallest absolute Gasteiger partial charge is 0.320 e. The Labute approximate surface area is 104 Å². The first-order chi connectivity index (χ1) is 8.19. The SMILES string of the molecule is CN1CCC2(CC1)CN(C(=O)N1CCCC1)C2. The molecule has 3 rings (SSSR count). The average Bonchev–Trinajstić information content (AvgIpc) is 2.80. The maximum Gasteiger partial charge on any atom is 0.320 e. The summed E-state index contributed by atoms with van der Waals surface area (Å²) in [4.78, 5) is 18.7. The first-order valence-corrected chi connectivity index (χ1v) is 6.91. The number of hydrogen-bond acceptors (Lipinski definition) is 2. The van der Waals surface area contributed by atoms with Crippen LogP contribution in [-0.2, 0) is 0 Å². The Bertz CT molecular complexity index is 296. The van der Waals surface area contributed by atoms with Crippen molar-refractivity contribution in [1.82, 2.24) is 14.7 Å². The van der Waals surface area contributed by atoms with Gasteiger partial charge in [0.25, 0.3) is 0 Å². The first-order valence-electron chi connectivity index (χ1n) is 6.91. The van der Waals surface area contributed by atoms with E-state index in [0.717, 1.165) is 26.2 Å². The highest BCUT2D eigenvalue weighted by Gasteiger charge is 2.47. The third-order valence-corrected chi connectivity index (χ3v) is 4.75. The molecule has 0 saturated carbocycles. The summed E-state index contributed by atoms with van der Waals surface area (Å²) in [7, 11) is 2.19. The van der Waals surface area contributed by atoms with Crippen LogP contribution in [-0.4, -0.2) is 67.0 Å². The molecular weight excluding hydrogens is 214 g/mol. The van der Waals surface area contributed by atoms with E-state index in [1.807, 2.05) is 4.90 Å². The third kappa shape index (κ3) is 2.03. The number of carbonyl (C=O) groups excluding carboxylic acids is 1. The molecule has 1 spiro atoms. The molecular formula is C13H23N3O. The maximum absolute atomic E-state index is 12.2. The summed E-state index contributed by atoms with van der Waals surface area (Å²) < 4.78 is 0. The molecule has 96 valence electrons. The number of piperidine rings is 1. The predicted octanol–water partition coefficient (Wildman–Crippen LogP) is 1.23. The molecule has 2 amide bonds. The molecule has 3 aliphatic rings. The van der Waals surface area contributed by atoms with E-state index in [-0.39, 0.29) is 0 Å². The Morgan fingerprint density at radius 3 is 2.12 bits per heavy atom. The Morgan fingerprint density at radius 1 is 0.941 bits per heavy atom. The fourth-order valence-electron chi connectivity index (χ4n) is 3.42. The van der Waals surface area contributed by atoms with Crippen molar-refractivity contribution in [2.24, 2.45) is 5.41 Å². The minimum atomic E-state index is 0.298. The molecule has 17 heavy (non-hydrogen) atoms. The molecule has 0 N–H and O–H groups in total. The zero-order chi connectivity index (χ0) is 11.9. The summed E-state index contributed by atoms with van der Waals surface area (Å²) in [6.45, 7) is 6.37. The third-order valence-electron chi connectivity index (χ3n) is 4.75. The molecule has 3 saturated heterocycles. The van der Waals surface area contributed by atoms with Crippen molar-refractivity contribution < 1.29 is 4.79 Å². The zero-order valence-corrected chi connectivity index (χ0v) is 10.8. The number of urea groups is 1. The topological polar surface area (TPSA) is 26.8 Å². The highest BCUT2D eigenvalue weighted by atomic mass is 16.2. The number of nitrogens with zero attached hydrogens (tertiary/aromatic N) is 3. The van der Waals surface area contributed by atoms with Gasteiger partial charge in [-0.1, -0.05) is 0 Å². The van der Waals surface area contributed by atoms with Crippen LogP contribution in [0.15, 0.2) is 0 Å². The second kappa shape index (κ2) is 4.16. The molecule has 3 fully saturated rings. The van der Waals surface area contributed by atoms with Crippen molar-refractivity contribution in [2.75, 3.05) is 46.3 Å². The molecule has 0 radical (unpaired) electrons. The Balaban J connectivity index is 1.52. The fourth-order valence-corrected chi connectivity index (χ4v) is 3.42. The predicted molar refractivity (Wildman–Crippen MR) is 66.9 cm³/mol. The minimum absolute atomic E-state index is 0.298. The largest absolute Gasteiger partial charge is 0.325 e. The normalized spacial score (nSPS) is 28.5. The van der Waals surface area contributed by atoms with Crippen LogP contribution in [0.1, 0.15) is 25.7 Å². The Hall–Kier alpha value is -0.770. The first kappa shape index (κ1) is 11.3. The molecule has 0 aromatic rings. The summed E-state index contributed by atoms with van der Waals surface area (Å²) in [6.07, 6.45) is 4.92. The molecule has 0 aromatic carbocycles. The summed E-state index contributed by atoms with van der Waals surface area (Å²) in [5, 5.41) is 0. The lowest BCUT2D eigenvalue weighted by Gasteiger charge is -2.54. The van der Waals surface area contributed by atoms with Gasteiger partial charge in [-0.15, -0.1) is 0 Å². The molecule has 0 aliphatic carbocycles. The highest BCUT2D eigenvalue weighted by molar-refractivity contribution is 5.75. The standard InChI is InChI=1S/C13H23N3O/c1-14-8-4-13(5-9-14)10-16(11-13)12(17)15-6-2-3-7-15/h2-11H2,1H3. The number of carbonyl (C=O) groups is 1. The summed E-state index contributed by atoms with van der Waals surface area (Å²) in [6, 6.07) is 0.298. The monoisotopic (exact) mass is 237 g/mol. The van der Waals surface area contributed by atoms with Gasteiger partial charge in [0.15, 0.2) is 0 Å². The van der Waals surface area contributed by atoms with Gasteiger partial charge >= 0.3 is 6.03 Å². The highest BCUT2D eigenvalue weighted by Crippen LogP contribution is 2.40. The van der Waals surface area contributed by atoms with Gasteiger partial charge in [0.1, 0.15) is 0 Å². The van der Waals surface area contributed by atoms with E-state index in [4.69, 9.17) is 0 Å². The minimum Gasteiger partial charge on any atom is -0.325 e. The van der Waals surface area contributed by atoms with E-state index in [2.05, 4.69) is 16.8 Å². The molecule has 3 aliphatic heterocycles. The van der Waals surface area contributed by atoms with Crippen LogP contribution in [0, 0.1) is 5.41 Å². The van der Waals surface area contributed by atoms with Gasteiger partial charge in [-0.3, -0.25) is 0 Å². The second-order valence-electron chi connectivity index (χ2n) is 6.14. The molecule has 4 heteroatoms. The quantitative estimate of drug-likeness (QED) is 0.633. The van der Waals surface area contributed by atoms with E-state index >= 15 is 0 Å². The number of likely N-dealkylation sites (tertiary alicyclic amines) is 3. The van der Waals surface area contributed by atoms with Gasteiger partial charge in [-0.25, -0.2) is 4.79 Å². The van der Waals surface area contributed by atoms with Crippen molar-refractivity contribution in [3.63, 3.8) is 0 Å². The van der Waals surface area contributed by atoms with Gasteiger partial charge in [0.05, 0.1) is 0 Å². The molecule has 3 heterocycles. The maximum atomic E-state index is 12.2. The average molecular weight is 237 g/mol. The lowest BCUT2D eigenvalue weighted by atomic mass is 9.72. The van der Waals surface area contributed by atoms with E-state index in [1.54, 1.807) is 0 Å². The van der Waals surface area contributed by atoms with Crippen LogP contribution in [0.25, 0.3) is 0 Å². The van der Waals surface area contributed by atoms with Crippen molar-refractivity contribution in [3.05, 3.63) is 0 Å². The fraction of sp³-hybridized carbons (Fsp3) is 0.923. The number of rotatable bonds is 0. The summed E-state index contributed by atoms with van der Waals surface area (Å²) >= 11 is 0. The van der Waals surface area contributed by atoms with Gasteiger partial charge in [-0.05, 0) is 45.8 Å². The van der Waals surface area contributed by atoms with Gasteiger partial charge < -0.3 is 14.7 Å². The van der Waals surface area contributed by atoms with Crippen LogP contribution in [0.5, 0.6) is 0 Å². The van der Waals surface area contributed by atoms with E-state index in [0.29, 0.717) is 11.4 Å².